The van der Waals surface area contributed by atoms with E-state index in [2.05, 4.69) is 0 Å². The first-order chi connectivity index (χ1) is 9.73. The Morgan fingerprint density at radius 2 is 1.38 bits per heavy atom. The van der Waals surface area contributed by atoms with Crippen molar-refractivity contribution in [3.8, 4) is 0 Å². The third-order valence-corrected chi connectivity index (χ3v) is 2.34. The van der Waals surface area contributed by atoms with E-state index in [-0.39, 0.29) is 11.1 Å². The third-order valence-electron chi connectivity index (χ3n) is 2.34. The molecule has 0 spiro atoms. The number of hydrogen-bond donors (Lipinski definition) is 0. The van der Waals surface area contributed by atoms with Crippen LogP contribution in [0.3, 0.4) is 0 Å². The van der Waals surface area contributed by atoms with Crippen LogP contribution in [-0.4, -0.2) is 29.1 Å². The van der Waals surface area contributed by atoms with Crippen LogP contribution in [0, 0.1) is 10.1 Å². The van der Waals surface area contributed by atoms with Crippen LogP contribution >= 0.6 is 0 Å². The molecule has 0 fully saturated rings. The summed E-state index contributed by atoms with van der Waals surface area (Å²) in [6.45, 7) is 6.50. The molecule has 0 aliphatic heterocycles. The molecule has 7 heteroatoms. The summed E-state index contributed by atoms with van der Waals surface area (Å²) in [4.78, 5) is 34.2. The molecule has 1 rings (SSSR count). The van der Waals surface area contributed by atoms with E-state index in [0.717, 1.165) is 0 Å². The molecule has 0 aromatic heterocycles. The van der Waals surface area contributed by atoms with E-state index < -0.39 is 34.8 Å². The van der Waals surface area contributed by atoms with Gasteiger partial charge in [0.2, 0.25) is 0 Å². The SMILES string of the molecule is CC(C)OC(=O)c1cccc(C(=O)OC(C)C)c1[N+](=O)[O-]. The maximum absolute atomic E-state index is 11.9. The maximum atomic E-state index is 11.9. The van der Waals surface area contributed by atoms with E-state index in [1.54, 1.807) is 27.7 Å². The molecule has 0 unspecified atom stereocenters. The summed E-state index contributed by atoms with van der Waals surface area (Å²) in [6.07, 6.45) is -0.855. The van der Waals surface area contributed by atoms with Crippen LogP contribution in [0.25, 0.3) is 0 Å². The molecular formula is C14H17NO6. The van der Waals surface area contributed by atoms with Crippen molar-refractivity contribution in [1.29, 1.82) is 0 Å². The Labute approximate surface area is 122 Å². The van der Waals surface area contributed by atoms with Crippen LogP contribution in [0.15, 0.2) is 18.2 Å². The maximum Gasteiger partial charge on any atom is 0.345 e. The van der Waals surface area contributed by atoms with Gasteiger partial charge in [0, 0.05) is 0 Å². The Bertz CT molecular complexity index is 524. The van der Waals surface area contributed by atoms with Gasteiger partial charge in [-0.05, 0) is 39.8 Å². The first kappa shape index (κ1) is 16.6. The van der Waals surface area contributed by atoms with Gasteiger partial charge in [-0.3, -0.25) is 10.1 Å². The van der Waals surface area contributed by atoms with Crippen molar-refractivity contribution in [3.63, 3.8) is 0 Å². The number of ether oxygens (including phenoxy) is 2. The van der Waals surface area contributed by atoms with E-state index in [1.807, 2.05) is 0 Å². The van der Waals surface area contributed by atoms with Gasteiger partial charge in [0.1, 0.15) is 11.1 Å². The number of rotatable bonds is 5. The number of hydrogen-bond acceptors (Lipinski definition) is 6. The molecule has 114 valence electrons. The summed E-state index contributed by atoms with van der Waals surface area (Å²) in [6, 6.07) is 3.87. The minimum Gasteiger partial charge on any atom is -0.459 e. The number of nitro groups is 1. The first-order valence-electron chi connectivity index (χ1n) is 6.43. The van der Waals surface area contributed by atoms with E-state index in [1.165, 1.54) is 18.2 Å². The van der Waals surface area contributed by atoms with E-state index in [9.17, 15) is 19.7 Å². The lowest BCUT2D eigenvalue weighted by molar-refractivity contribution is -0.385. The fraction of sp³-hybridized carbons (Fsp3) is 0.429. The second kappa shape index (κ2) is 6.83. The normalized spacial score (nSPS) is 10.6. The molecule has 21 heavy (non-hydrogen) atoms. The van der Waals surface area contributed by atoms with Gasteiger partial charge in [-0.25, -0.2) is 9.59 Å². The largest absolute Gasteiger partial charge is 0.459 e. The van der Waals surface area contributed by atoms with Gasteiger partial charge in [-0.2, -0.15) is 0 Å². The monoisotopic (exact) mass is 295 g/mol. The lowest BCUT2D eigenvalue weighted by atomic mass is 10.1. The van der Waals surface area contributed by atoms with Gasteiger partial charge in [-0.1, -0.05) is 6.07 Å². The highest BCUT2D eigenvalue weighted by atomic mass is 16.6. The number of benzene rings is 1. The Morgan fingerprint density at radius 3 is 1.67 bits per heavy atom. The third kappa shape index (κ3) is 4.27. The number of carbonyl (C=O) groups excluding carboxylic acids is 2. The van der Waals surface area contributed by atoms with E-state index in [4.69, 9.17) is 9.47 Å². The number of para-hydroxylation sites is 1. The molecule has 0 amide bonds. The average molecular weight is 295 g/mol. The Kier molecular flexibility index (Phi) is 5.40. The lowest BCUT2D eigenvalue weighted by Gasteiger charge is -2.11. The van der Waals surface area contributed by atoms with E-state index in [0.29, 0.717) is 0 Å². The minimum atomic E-state index is -0.851. The average Bonchev–Trinajstić information content (AvgIpc) is 2.35. The number of carbonyl (C=O) groups is 2. The lowest BCUT2D eigenvalue weighted by Crippen LogP contribution is -2.17. The zero-order valence-electron chi connectivity index (χ0n) is 12.3. The van der Waals surface area contributed by atoms with Crippen LogP contribution in [-0.2, 0) is 9.47 Å². The van der Waals surface area contributed by atoms with Gasteiger partial charge < -0.3 is 9.47 Å². The predicted octanol–water partition coefficient (Wildman–Crippen LogP) is 2.73. The molecular weight excluding hydrogens is 278 g/mol. The first-order valence-corrected chi connectivity index (χ1v) is 6.43. The molecule has 0 aliphatic carbocycles. The number of nitrogens with zero attached hydrogens (tertiary/aromatic N) is 1. The highest BCUT2D eigenvalue weighted by molar-refractivity contribution is 6.02. The fourth-order valence-corrected chi connectivity index (χ4v) is 1.62. The molecule has 0 radical (unpaired) electrons. The summed E-state index contributed by atoms with van der Waals surface area (Å²) in [5.41, 5.74) is -1.15. The molecule has 0 N–H and O–H groups in total. The quantitative estimate of drug-likeness (QED) is 0.471. The van der Waals surface area contributed by atoms with Crippen molar-refractivity contribution in [3.05, 3.63) is 39.4 Å². The summed E-state index contributed by atoms with van der Waals surface area (Å²) in [5, 5.41) is 11.2. The highest BCUT2D eigenvalue weighted by Crippen LogP contribution is 2.26. The molecule has 0 saturated heterocycles. The van der Waals surface area contributed by atoms with Crippen molar-refractivity contribution >= 4 is 17.6 Å². The summed E-state index contributed by atoms with van der Waals surface area (Å²) in [7, 11) is 0. The van der Waals surface area contributed by atoms with Crippen molar-refractivity contribution in [2.24, 2.45) is 0 Å². The van der Waals surface area contributed by atoms with Crippen LogP contribution in [0.1, 0.15) is 48.4 Å². The van der Waals surface area contributed by atoms with Crippen molar-refractivity contribution < 1.29 is 24.0 Å². The molecule has 7 nitrogen and oxygen atoms in total. The second-order valence-electron chi connectivity index (χ2n) is 4.87. The Balaban J connectivity index is 3.31. The van der Waals surface area contributed by atoms with Gasteiger partial charge >= 0.3 is 11.9 Å². The summed E-state index contributed by atoms with van der Waals surface area (Å²) in [5.74, 6) is -1.70. The zero-order valence-corrected chi connectivity index (χ0v) is 12.3. The standard InChI is InChI=1S/C14H17NO6/c1-8(2)20-13(16)10-6-5-7-11(12(10)15(18)19)14(17)21-9(3)4/h5-9H,1-4H3. The van der Waals surface area contributed by atoms with Gasteiger partial charge in [-0.15, -0.1) is 0 Å². The van der Waals surface area contributed by atoms with Gasteiger partial charge in [0.25, 0.3) is 5.69 Å². The molecule has 0 heterocycles. The van der Waals surface area contributed by atoms with Crippen LogP contribution in [0.4, 0.5) is 5.69 Å². The molecule has 1 aromatic carbocycles. The second-order valence-corrected chi connectivity index (χ2v) is 4.87. The van der Waals surface area contributed by atoms with Gasteiger partial charge in [0.15, 0.2) is 0 Å². The molecule has 1 aromatic rings. The molecule has 0 saturated carbocycles. The molecule has 0 atom stereocenters. The van der Waals surface area contributed by atoms with Crippen LogP contribution < -0.4 is 0 Å². The van der Waals surface area contributed by atoms with Crippen molar-refractivity contribution in [1.82, 2.24) is 0 Å². The Hall–Kier alpha value is -2.44. The van der Waals surface area contributed by atoms with Gasteiger partial charge in [0.05, 0.1) is 17.1 Å². The van der Waals surface area contributed by atoms with Crippen molar-refractivity contribution in [2.45, 2.75) is 39.9 Å². The summed E-state index contributed by atoms with van der Waals surface area (Å²) < 4.78 is 9.89. The molecule has 0 aliphatic rings. The zero-order chi connectivity index (χ0) is 16.2. The van der Waals surface area contributed by atoms with Crippen LogP contribution in [0.2, 0.25) is 0 Å². The fourth-order valence-electron chi connectivity index (χ4n) is 1.62. The van der Waals surface area contributed by atoms with Crippen molar-refractivity contribution in [2.75, 3.05) is 0 Å². The Morgan fingerprint density at radius 1 is 1.00 bits per heavy atom. The highest BCUT2D eigenvalue weighted by Gasteiger charge is 2.30. The van der Waals surface area contributed by atoms with E-state index >= 15 is 0 Å². The predicted molar refractivity (Wildman–Crippen MR) is 74.2 cm³/mol. The number of nitro benzene ring substituents is 1. The smallest absolute Gasteiger partial charge is 0.345 e. The number of esters is 2. The minimum absolute atomic E-state index is 0.271. The van der Waals surface area contributed by atoms with Crippen LogP contribution in [0.5, 0.6) is 0 Å². The summed E-state index contributed by atoms with van der Waals surface area (Å²) >= 11 is 0. The molecule has 0 bridgehead atoms. The topological polar surface area (TPSA) is 95.7 Å².